The third-order valence-corrected chi connectivity index (χ3v) is 1.47. The summed E-state index contributed by atoms with van der Waals surface area (Å²) < 4.78 is 4.27. The summed E-state index contributed by atoms with van der Waals surface area (Å²) in [5.41, 5.74) is 0. The van der Waals surface area contributed by atoms with Crippen molar-refractivity contribution in [3.8, 4) is 0 Å². The van der Waals surface area contributed by atoms with Crippen LogP contribution in [0.1, 0.15) is 15.7 Å². The molecule has 3 N–H and O–H groups in total. The first-order chi connectivity index (χ1) is 5.76. The molecule has 13 heavy (non-hydrogen) atoms. The molecule has 0 saturated carbocycles. The largest absolute Gasteiger partial charge is 2.00 e. The van der Waals surface area contributed by atoms with E-state index >= 15 is 0 Å². The Morgan fingerprint density at radius 1 is 1.38 bits per heavy atom. The van der Waals surface area contributed by atoms with Gasteiger partial charge in [0.15, 0.2) is 6.79 Å². The summed E-state index contributed by atoms with van der Waals surface area (Å²) in [6.07, 6.45) is 0.803. The predicted molar refractivity (Wildman–Crippen MR) is 48.1 cm³/mol. The standard InChI is InChI=1S/C7H14O5.Ca.2H/c8-3-1-2-6(4-9)7(11)12-5-10;;;/h6,8-10H,1-5H2;;;/q;+2;2*-1. The number of ether oxygens (including phenoxy) is 1. The van der Waals surface area contributed by atoms with Crippen LogP contribution in [-0.2, 0) is 9.53 Å². The van der Waals surface area contributed by atoms with Crippen LogP contribution in [0.25, 0.3) is 0 Å². The molecule has 0 radical (unpaired) electrons. The van der Waals surface area contributed by atoms with Crippen LogP contribution in [0.15, 0.2) is 0 Å². The normalized spacial score (nSPS) is 11.6. The summed E-state index contributed by atoms with van der Waals surface area (Å²) in [4.78, 5) is 10.9. The molecule has 76 valence electrons. The van der Waals surface area contributed by atoms with Crippen LogP contribution in [0.4, 0.5) is 0 Å². The molecule has 6 heteroatoms. The number of carbonyl (C=O) groups is 1. The van der Waals surface area contributed by atoms with E-state index in [0.717, 1.165) is 0 Å². The number of esters is 1. The number of aliphatic hydroxyl groups is 3. The van der Waals surface area contributed by atoms with Crippen LogP contribution in [0, 0.1) is 5.92 Å². The van der Waals surface area contributed by atoms with Crippen LogP contribution < -0.4 is 0 Å². The van der Waals surface area contributed by atoms with Crippen molar-refractivity contribution in [3.05, 3.63) is 0 Å². The van der Waals surface area contributed by atoms with Crippen molar-refractivity contribution >= 4 is 43.7 Å². The summed E-state index contributed by atoms with van der Waals surface area (Å²) in [6.45, 7) is -1.02. The second-order valence-corrected chi connectivity index (χ2v) is 2.34. The molecular formula is C7H16CaO5. The molecule has 0 aromatic heterocycles. The van der Waals surface area contributed by atoms with Crippen molar-refractivity contribution in [2.45, 2.75) is 12.8 Å². The van der Waals surface area contributed by atoms with Gasteiger partial charge in [-0.05, 0) is 12.8 Å². The Morgan fingerprint density at radius 3 is 2.38 bits per heavy atom. The zero-order chi connectivity index (χ0) is 9.40. The molecule has 0 aliphatic rings. The number of aliphatic hydroxyl groups excluding tert-OH is 3. The van der Waals surface area contributed by atoms with E-state index in [4.69, 9.17) is 15.3 Å². The SMILES string of the molecule is O=C(OCO)C(CO)CCCO.[Ca+2].[H-].[H-]. The van der Waals surface area contributed by atoms with E-state index in [2.05, 4.69) is 4.74 Å². The van der Waals surface area contributed by atoms with Crippen molar-refractivity contribution in [3.63, 3.8) is 0 Å². The summed E-state index contributed by atoms with van der Waals surface area (Å²) >= 11 is 0. The number of rotatable bonds is 6. The molecule has 0 bridgehead atoms. The molecule has 0 aromatic carbocycles. The summed E-state index contributed by atoms with van der Waals surface area (Å²) in [6, 6.07) is 0. The van der Waals surface area contributed by atoms with Crippen molar-refractivity contribution in [2.75, 3.05) is 20.0 Å². The average molecular weight is 220 g/mol. The molecule has 0 heterocycles. The van der Waals surface area contributed by atoms with Gasteiger partial charge in [0.05, 0.1) is 12.5 Å². The number of hydrogen-bond acceptors (Lipinski definition) is 5. The van der Waals surface area contributed by atoms with Gasteiger partial charge in [0.1, 0.15) is 0 Å². The Bertz CT molecular complexity index is 139. The van der Waals surface area contributed by atoms with Crippen LogP contribution in [0.2, 0.25) is 0 Å². The molecule has 0 fully saturated rings. The van der Waals surface area contributed by atoms with E-state index in [-0.39, 0.29) is 53.8 Å². The molecule has 0 aliphatic carbocycles. The monoisotopic (exact) mass is 220 g/mol. The van der Waals surface area contributed by atoms with E-state index in [9.17, 15) is 4.79 Å². The molecule has 0 spiro atoms. The quantitative estimate of drug-likeness (QED) is 0.294. The maximum atomic E-state index is 10.9. The Kier molecular flexibility index (Phi) is 13.2. The van der Waals surface area contributed by atoms with Gasteiger partial charge in [-0.25, -0.2) is 0 Å². The number of hydrogen-bond donors (Lipinski definition) is 3. The van der Waals surface area contributed by atoms with Crippen molar-refractivity contribution in [1.82, 2.24) is 0 Å². The summed E-state index contributed by atoms with van der Waals surface area (Å²) in [5.74, 6) is -1.27. The number of carbonyl (C=O) groups excluding carboxylic acids is 1. The van der Waals surface area contributed by atoms with Crippen LogP contribution in [-0.4, -0.2) is 79.0 Å². The third-order valence-electron chi connectivity index (χ3n) is 1.47. The minimum Gasteiger partial charge on any atom is -1.00 e. The first-order valence-electron chi connectivity index (χ1n) is 3.75. The minimum atomic E-state index is -0.672. The van der Waals surface area contributed by atoms with Crippen molar-refractivity contribution in [1.29, 1.82) is 0 Å². The average Bonchev–Trinajstić information content (AvgIpc) is 2.06. The topological polar surface area (TPSA) is 87.0 Å². The first kappa shape index (κ1) is 16.1. The van der Waals surface area contributed by atoms with Crippen molar-refractivity contribution < 1.29 is 27.7 Å². The molecule has 1 atom stereocenters. The van der Waals surface area contributed by atoms with E-state index in [1.807, 2.05) is 0 Å². The predicted octanol–water partition coefficient (Wildman–Crippen LogP) is -1.30. The smallest absolute Gasteiger partial charge is 1.00 e. The Morgan fingerprint density at radius 2 is 2.00 bits per heavy atom. The van der Waals surface area contributed by atoms with Gasteiger partial charge in [-0.15, -0.1) is 0 Å². The fraction of sp³-hybridized carbons (Fsp3) is 0.857. The van der Waals surface area contributed by atoms with Gasteiger partial charge in [0.25, 0.3) is 0 Å². The van der Waals surface area contributed by atoms with Crippen LogP contribution in [0.5, 0.6) is 0 Å². The molecule has 0 aliphatic heterocycles. The first-order valence-corrected chi connectivity index (χ1v) is 3.75. The molecule has 0 amide bonds. The zero-order valence-electron chi connectivity index (χ0n) is 9.48. The van der Waals surface area contributed by atoms with Gasteiger partial charge in [-0.1, -0.05) is 0 Å². The van der Waals surface area contributed by atoms with Crippen LogP contribution in [0.3, 0.4) is 0 Å². The zero-order valence-corrected chi connectivity index (χ0v) is 9.69. The van der Waals surface area contributed by atoms with Gasteiger partial charge in [0.2, 0.25) is 0 Å². The summed E-state index contributed by atoms with van der Waals surface area (Å²) in [7, 11) is 0. The van der Waals surface area contributed by atoms with Crippen molar-refractivity contribution in [2.24, 2.45) is 5.92 Å². The second kappa shape index (κ2) is 10.7. The molecule has 0 aromatic rings. The fourth-order valence-electron chi connectivity index (χ4n) is 0.803. The minimum absolute atomic E-state index is 0. The van der Waals surface area contributed by atoms with E-state index in [0.29, 0.717) is 12.8 Å². The van der Waals surface area contributed by atoms with Gasteiger partial charge < -0.3 is 22.9 Å². The van der Waals surface area contributed by atoms with Gasteiger partial charge in [0, 0.05) is 6.61 Å². The Hall–Kier alpha value is 0.610. The van der Waals surface area contributed by atoms with E-state index in [1.165, 1.54) is 0 Å². The fourth-order valence-corrected chi connectivity index (χ4v) is 0.803. The third kappa shape index (κ3) is 7.66. The van der Waals surface area contributed by atoms with Gasteiger partial charge in [-0.3, -0.25) is 4.79 Å². The molecule has 0 rings (SSSR count). The van der Waals surface area contributed by atoms with E-state index < -0.39 is 18.7 Å². The Labute approximate surface area is 110 Å². The van der Waals surface area contributed by atoms with Gasteiger partial charge in [-0.2, -0.15) is 0 Å². The molecular weight excluding hydrogens is 204 g/mol. The summed E-state index contributed by atoms with van der Waals surface area (Å²) in [5, 5.41) is 25.4. The molecule has 5 nitrogen and oxygen atoms in total. The second-order valence-electron chi connectivity index (χ2n) is 2.34. The van der Waals surface area contributed by atoms with Crippen LogP contribution >= 0.6 is 0 Å². The maximum Gasteiger partial charge on any atom is 2.00 e. The molecule has 0 saturated heterocycles. The van der Waals surface area contributed by atoms with Gasteiger partial charge >= 0.3 is 43.7 Å². The Balaban J connectivity index is -0.000000202. The maximum absolute atomic E-state index is 10.9. The molecule has 1 unspecified atom stereocenters. The van der Waals surface area contributed by atoms with E-state index in [1.54, 1.807) is 0 Å².